The molecule has 2 aliphatic rings. The Morgan fingerprint density at radius 3 is 2.95 bits per heavy atom. The van der Waals surface area contributed by atoms with Crippen molar-refractivity contribution < 1.29 is 9.21 Å². The Balaban J connectivity index is 1.67. The predicted molar refractivity (Wildman–Crippen MR) is 86.0 cm³/mol. The lowest BCUT2D eigenvalue weighted by atomic mass is 10.1. The summed E-state index contributed by atoms with van der Waals surface area (Å²) in [6, 6.07) is 4.46. The summed E-state index contributed by atoms with van der Waals surface area (Å²) in [6.45, 7) is 3.82. The second-order valence-corrected chi connectivity index (χ2v) is 7.02. The fourth-order valence-corrected chi connectivity index (χ4v) is 4.38. The molecule has 0 spiro atoms. The first kappa shape index (κ1) is 13.8. The molecule has 1 fully saturated rings. The average molecular weight is 314 g/mol. The van der Waals surface area contributed by atoms with E-state index in [1.165, 1.54) is 11.3 Å². The van der Waals surface area contributed by atoms with Crippen LogP contribution in [0.2, 0.25) is 0 Å². The van der Waals surface area contributed by atoms with Gasteiger partial charge in [-0.2, -0.15) is 0 Å². The van der Waals surface area contributed by atoms with Crippen molar-refractivity contribution in [3.63, 3.8) is 0 Å². The molecular formula is C17H18N2O2S. The Hall–Kier alpha value is -1.88. The van der Waals surface area contributed by atoms with Gasteiger partial charge in [-0.3, -0.25) is 4.79 Å². The van der Waals surface area contributed by atoms with E-state index < -0.39 is 0 Å². The largest absolute Gasteiger partial charge is 0.459 e. The molecule has 4 rings (SSSR count). The van der Waals surface area contributed by atoms with Gasteiger partial charge in [0.1, 0.15) is 10.6 Å². The Morgan fingerprint density at radius 2 is 2.23 bits per heavy atom. The van der Waals surface area contributed by atoms with Crippen molar-refractivity contribution in [3.8, 4) is 10.8 Å². The number of fused-ring (bicyclic) bond motifs is 2. The van der Waals surface area contributed by atoms with Gasteiger partial charge in [0.2, 0.25) is 0 Å². The van der Waals surface area contributed by atoms with E-state index >= 15 is 0 Å². The van der Waals surface area contributed by atoms with Crippen molar-refractivity contribution in [1.29, 1.82) is 0 Å². The highest BCUT2D eigenvalue weighted by molar-refractivity contribution is 7.17. The lowest BCUT2D eigenvalue weighted by molar-refractivity contribution is 0.0693. The molecular weight excluding hydrogens is 296 g/mol. The second kappa shape index (κ2) is 5.09. The van der Waals surface area contributed by atoms with Gasteiger partial charge >= 0.3 is 0 Å². The molecule has 2 aliphatic heterocycles. The summed E-state index contributed by atoms with van der Waals surface area (Å²) in [6.07, 6.45) is 7.54. The molecule has 4 nitrogen and oxygen atoms in total. The van der Waals surface area contributed by atoms with Crippen LogP contribution in [0.15, 0.2) is 28.7 Å². The molecule has 2 bridgehead atoms. The van der Waals surface area contributed by atoms with Gasteiger partial charge in [-0.1, -0.05) is 12.2 Å². The van der Waals surface area contributed by atoms with Gasteiger partial charge in [-0.15, -0.1) is 11.3 Å². The summed E-state index contributed by atoms with van der Waals surface area (Å²) >= 11 is 1.44. The number of hydrogen-bond donors (Lipinski definition) is 0. The highest BCUT2D eigenvalue weighted by Gasteiger charge is 2.38. The molecule has 0 aromatic carbocycles. The zero-order valence-electron chi connectivity index (χ0n) is 12.7. The van der Waals surface area contributed by atoms with E-state index in [0.29, 0.717) is 6.04 Å². The molecule has 4 heterocycles. The molecule has 2 unspecified atom stereocenters. The van der Waals surface area contributed by atoms with Crippen LogP contribution in [0, 0.1) is 13.8 Å². The summed E-state index contributed by atoms with van der Waals surface area (Å²) in [5.41, 5.74) is 0.799. The first-order valence-corrected chi connectivity index (χ1v) is 8.48. The molecule has 22 heavy (non-hydrogen) atoms. The highest BCUT2D eigenvalue weighted by atomic mass is 32.1. The normalized spacial score (nSPS) is 23.3. The minimum Gasteiger partial charge on any atom is -0.459 e. The van der Waals surface area contributed by atoms with Crippen LogP contribution in [0.4, 0.5) is 0 Å². The quantitative estimate of drug-likeness (QED) is 0.788. The predicted octanol–water partition coefficient (Wildman–Crippen LogP) is 3.95. The molecule has 1 amide bonds. The van der Waals surface area contributed by atoms with Crippen molar-refractivity contribution in [1.82, 2.24) is 9.88 Å². The Labute approximate surface area is 133 Å². The number of nitrogens with zero attached hydrogens (tertiary/aromatic N) is 2. The number of amides is 1. The fourth-order valence-electron chi connectivity index (χ4n) is 3.41. The maximum absolute atomic E-state index is 13.0. The van der Waals surface area contributed by atoms with Crippen LogP contribution in [-0.4, -0.2) is 27.9 Å². The zero-order chi connectivity index (χ0) is 15.3. The molecule has 0 saturated carbocycles. The Bertz CT molecular complexity index is 759. The average Bonchev–Trinajstić information content (AvgIpc) is 3.15. The minimum atomic E-state index is 0.126. The highest BCUT2D eigenvalue weighted by Crippen LogP contribution is 2.36. The lowest BCUT2D eigenvalue weighted by Crippen LogP contribution is -2.42. The van der Waals surface area contributed by atoms with Crippen molar-refractivity contribution in [3.05, 3.63) is 40.6 Å². The molecule has 0 N–H and O–H groups in total. The summed E-state index contributed by atoms with van der Waals surface area (Å²) < 4.78 is 5.63. The first-order valence-electron chi connectivity index (χ1n) is 7.67. The summed E-state index contributed by atoms with van der Waals surface area (Å²) in [5, 5.41) is 0.786. The van der Waals surface area contributed by atoms with Crippen LogP contribution in [0.1, 0.15) is 40.4 Å². The number of carbonyl (C=O) groups is 1. The van der Waals surface area contributed by atoms with Crippen molar-refractivity contribution in [2.24, 2.45) is 0 Å². The molecule has 0 aliphatic carbocycles. The van der Waals surface area contributed by atoms with E-state index in [9.17, 15) is 4.79 Å². The van der Waals surface area contributed by atoms with E-state index in [0.717, 1.165) is 46.4 Å². The molecule has 5 heteroatoms. The van der Waals surface area contributed by atoms with Crippen LogP contribution in [-0.2, 0) is 0 Å². The van der Waals surface area contributed by atoms with E-state index in [2.05, 4.69) is 22.0 Å². The van der Waals surface area contributed by atoms with Gasteiger partial charge in [0, 0.05) is 6.04 Å². The summed E-state index contributed by atoms with van der Waals surface area (Å²) in [7, 11) is 0. The third-order valence-electron chi connectivity index (χ3n) is 4.49. The molecule has 2 atom stereocenters. The van der Waals surface area contributed by atoms with Gasteiger partial charge in [0.05, 0.1) is 11.7 Å². The molecule has 0 radical (unpaired) electrons. The van der Waals surface area contributed by atoms with Crippen molar-refractivity contribution in [2.75, 3.05) is 0 Å². The second-order valence-electron chi connectivity index (χ2n) is 6.02. The number of hydrogen-bond acceptors (Lipinski definition) is 4. The molecule has 2 aromatic heterocycles. The van der Waals surface area contributed by atoms with Crippen LogP contribution >= 0.6 is 11.3 Å². The van der Waals surface area contributed by atoms with E-state index in [1.54, 1.807) is 0 Å². The summed E-state index contributed by atoms with van der Waals surface area (Å²) in [5.74, 6) is 1.72. The minimum absolute atomic E-state index is 0.126. The first-order chi connectivity index (χ1) is 10.6. The maximum Gasteiger partial charge on any atom is 0.266 e. The van der Waals surface area contributed by atoms with Gasteiger partial charge in [-0.05, 0) is 45.2 Å². The Kier molecular flexibility index (Phi) is 3.18. The van der Waals surface area contributed by atoms with Crippen molar-refractivity contribution in [2.45, 2.75) is 45.2 Å². The summed E-state index contributed by atoms with van der Waals surface area (Å²) in [4.78, 5) is 20.3. The SMILES string of the molecule is Cc1ccc(-c2nc(C)c(C(=O)N3C4C=CCC3CC4)s2)o1. The standard InChI is InChI=1S/C17H18N2O2S/c1-10-6-9-14(21-10)16-18-11(2)15(22-16)17(20)19-12-4-3-5-13(19)8-7-12/h3-4,6,9,12-13H,5,7-8H2,1-2H3. The monoisotopic (exact) mass is 314 g/mol. The number of furan rings is 1. The van der Waals surface area contributed by atoms with Gasteiger partial charge in [0.15, 0.2) is 10.8 Å². The number of thiazole rings is 1. The van der Waals surface area contributed by atoms with Crippen LogP contribution in [0.25, 0.3) is 10.8 Å². The number of carbonyl (C=O) groups excluding carboxylic acids is 1. The molecule has 1 saturated heterocycles. The fraction of sp³-hybridized carbons (Fsp3) is 0.412. The van der Waals surface area contributed by atoms with E-state index in [1.807, 2.05) is 26.0 Å². The van der Waals surface area contributed by atoms with Crippen LogP contribution in [0.3, 0.4) is 0 Å². The number of rotatable bonds is 2. The van der Waals surface area contributed by atoms with E-state index in [-0.39, 0.29) is 11.9 Å². The molecule has 114 valence electrons. The van der Waals surface area contributed by atoms with Gasteiger partial charge in [0.25, 0.3) is 5.91 Å². The Morgan fingerprint density at radius 1 is 1.36 bits per heavy atom. The van der Waals surface area contributed by atoms with Gasteiger partial charge in [-0.25, -0.2) is 4.98 Å². The van der Waals surface area contributed by atoms with Crippen molar-refractivity contribution >= 4 is 17.2 Å². The smallest absolute Gasteiger partial charge is 0.266 e. The zero-order valence-corrected chi connectivity index (χ0v) is 13.5. The number of aryl methyl sites for hydroxylation is 2. The van der Waals surface area contributed by atoms with E-state index in [4.69, 9.17) is 4.42 Å². The third-order valence-corrected chi connectivity index (χ3v) is 5.65. The number of aromatic nitrogens is 1. The topological polar surface area (TPSA) is 46.3 Å². The maximum atomic E-state index is 13.0. The lowest BCUT2D eigenvalue weighted by Gasteiger charge is -2.31. The van der Waals surface area contributed by atoms with Crippen LogP contribution in [0.5, 0.6) is 0 Å². The van der Waals surface area contributed by atoms with Crippen LogP contribution < -0.4 is 0 Å². The molecule has 2 aromatic rings. The third kappa shape index (κ3) is 2.11. The van der Waals surface area contributed by atoms with Gasteiger partial charge < -0.3 is 9.32 Å².